The first kappa shape index (κ1) is 13.8. The number of likely N-dealkylation sites (tertiary alicyclic amines) is 1. The van der Waals surface area contributed by atoms with Crippen LogP contribution in [0.25, 0.3) is 0 Å². The number of hydrogen-bond acceptors (Lipinski definition) is 2. The summed E-state index contributed by atoms with van der Waals surface area (Å²) in [6, 6.07) is 4.82. The molecular weight excluding hydrogens is 240 g/mol. The first-order valence-electron chi connectivity index (χ1n) is 7.02. The number of rotatable bonds is 3. The van der Waals surface area contributed by atoms with E-state index in [1.807, 2.05) is 6.07 Å². The molecule has 1 aromatic rings. The fourth-order valence-electron chi connectivity index (χ4n) is 2.98. The number of piperidine rings is 1. The van der Waals surface area contributed by atoms with Gasteiger partial charge in [-0.3, -0.25) is 4.90 Å². The van der Waals surface area contributed by atoms with Crippen LogP contribution in [0.1, 0.15) is 50.4 Å². The van der Waals surface area contributed by atoms with Gasteiger partial charge in [-0.15, -0.1) is 0 Å². The maximum absolute atomic E-state index is 5.19. The molecule has 0 spiro atoms. The molecule has 100 valence electrons. The Labute approximate surface area is 115 Å². The molecule has 2 nitrogen and oxygen atoms in total. The Morgan fingerprint density at radius 1 is 1.39 bits per heavy atom. The molecule has 1 fully saturated rings. The number of H-pyrrole nitrogens is 1. The van der Waals surface area contributed by atoms with Crippen molar-refractivity contribution < 1.29 is 0 Å². The number of hydrogen-bond donors (Lipinski definition) is 1. The van der Waals surface area contributed by atoms with E-state index in [-0.39, 0.29) is 0 Å². The number of pyridine rings is 1. The normalized spacial score (nSPS) is 21.4. The van der Waals surface area contributed by atoms with Gasteiger partial charge in [-0.1, -0.05) is 38.6 Å². The number of aromatic nitrogens is 1. The summed E-state index contributed by atoms with van der Waals surface area (Å²) in [5, 5.41) is 0. The van der Waals surface area contributed by atoms with Crippen LogP contribution in [0.4, 0.5) is 0 Å². The van der Waals surface area contributed by atoms with E-state index >= 15 is 0 Å². The van der Waals surface area contributed by atoms with Gasteiger partial charge in [-0.25, -0.2) is 0 Å². The fraction of sp³-hybridized carbons (Fsp3) is 0.667. The number of nitrogens with one attached hydrogen (secondary N) is 1. The summed E-state index contributed by atoms with van der Waals surface area (Å²) in [4.78, 5) is 5.94. The lowest BCUT2D eigenvalue weighted by Gasteiger charge is -2.37. The van der Waals surface area contributed by atoms with Gasteiger partial charge in [0, 0.05) is 18.3 Å². The summed E-state index contributed by atoms with van der Waals surface area (Å²) in [6.07, 6.45) is 3.96. The molecule has 1 atom stereocenters. The highest BCUT2D eigenvalue weighted by Gasteiger charge is 2.25. The van der Waals surface area contributed by atoms with Crippen LogP contribution in [-0.2, 0) is 0 Å². The van der Waals surface area contributed by atoms with Crippen molar-refractivity contribution in [1.82, 2.24) is 9.88 Å². The minimum Gasteiger partial charge on any atom is -0.350 e. The average molecular weight is 264 g/mol. The van der Waals surface area contributed by atoms with Gasteiger partial charge in [0.05, 0.1) is 0 Å². The zero-order chi connectivity index (χ0) is 13.1. The molecule has 1 N–H and O–H groups in total. The molecule has 1 aromatic heterocycles. The number of nitrogens with zero attached hydrogens (tertiary/aromatic N) is 1. The van der Waals surface area contributed by atoms with Gasteiger partial charge in [0.15, 0.2) is 0 Å². The molecule has 0 radical (unpaired) electrons. The first-order chi connectivity index (χ1) is 8.58. The molecule has 1 aliphatic heterocycles. The second-order valence-corrected chi connectivity index (χ2v) is 6.24. The third kappa shape index (κ3) is 3.21. The Bertz CT molecular complexity index is 450. The van der Waals surface area contributed by atoms with E-state index in [0.29, 0.717) is 6.04 Å². The Kier molecular flexibility index (Phi) is 4.57. The Morgan fingerprint density at radius 3 is 2.83 bits per heavy atom. The Balaban J connectivity index is 2.24. The van der Waals surface area contributed by atoms with Crippen molar-refractivity contribution in [1.29, 1.82) is 0 Å². The monoisotopic (exact) mass is 264 g/mol. The van der Waals surface area contributed by atoms with Gasteiger partial charge in [-0.05, 0) is 43.9 Å². The largest absolute Gasteiger partial charge is 0.350 e. The summed E-state index contributed by atoms with van der Waals surface area (Å²) in [5.74, 6) is 0.730. The zero-order valence-corrected chi connectivity index (χ0v) is 12.5. The van der Waals surface area contributed by atoms with E-state index in [1.165, 1.54) is 43.6 Å². The summed E-state index contributed by atoms with van der Waals surface area (Å²) < 4.78 is 0.836. The van der Waals surface area contributed by atoms with Gasteiger partial charge in [0.1, 0.15) is 4.64 Å². The number of aromatic amines is 1. The summed E-state index contributed by atoms with van der Waals surface area (Å²) in [7, 11) is 0. The standard InChI is InChI=1S/C15H24N2S/c1-11(2)10-17-9-5-4-6-14(17)13-7-8-15(18)16-12(13)3/h7-8,11,14H,4-6,9-10H2,1-3H3,(H,16,18). The molecule has 0 amide bonds. The molecule has 0 aliphatic carbocycles. The lowest BCUT2D eigenvalue weighted by atomic mass is 9.93. The van der Waals surface area contributed by atoms with Crippen LogP contribution in [0.2, 0.25) is 0 Å². The van der Waals surface area contributed by atoms with Gasteiger partial charge in [0.2, 0.25) is 0 Å². The van der Waals surface area contributed by atoms with E-state index in [1.54, 1.807) is 0 Å². The zero-order valence-electron chi connectivity index (χ0n) is 11.7. The van der Waals surface area contributed by atoms with E-state index in [4.69, 9.17) is 12.2 Å². The molecule has 18 heavy (non-hydrogen) atoms. The molecule has 0 aromatic carbocycles. The molecule has 0 bridgehead atoms. The molecule has 0 saturated carbocycles. The first-order valence-corrected chi connectivity index (χ1v) is 7.42. The quantitative estimate of drug-likeness (QED) is 0.824. The average Bonchev–Trinajstić information content (AvgIpc) is 2.30. The lowest BCUT2D eigenvalue weighted by Crippen LogP contribution is -2.36. The van der Waals surface area contributed by atoms with Crippen molar-refractivity contribution in [2.75, 3.05) is 13.1 Å². The minimum absolute atomic E-state index is 0.577. The fourth-order valence-corrected chi connectivity index (χ4v) is 3.20. The minimum atomic E-state index is 0.577. The molecule has 1 unspecified atom stereocenters. The van der Waals surface area contributed by atoms with E-state index in [0.717, 1.165) is 10.6 Å². The van der Waals surface area contributed by atoms with Gasteiger partial charge < -0.3 is 4.98 Å². The van der Waals surface area contributed by atoms with Crippen molar-refractivity contribution in [2.24, 2.45) is 5.92 Å². The van der Waals surface area contributed by atoms with Crippen LogP contribution in [0.15, 0.2) is 12.1 Å². The topological polar surface area (TPSA) is 19.0 Å². The van der Waals surface area contributed by atoms with Crippen LogP contribution >= 0.6 is 12.2 Å². The number of aryl methyl sites for hydroxylation is 1. The highest BCUT2D eigenvalue weighted by atomic mass is 32.1. The lowest BCUT2D eigenvalue weighted by molar-refractivity contribution is 0.131. The van der Waals surface area contributed by atoms with E-state index in [9.17, 15) is 0 Å². The maximum atomic E-state index is 5.19. The second-order valence-electron chi connectivity index (χ2n) is 5.80. The van der Waals surface area contributed by atoms with Crippen molar-refractivity contribution in [2.45, 2.75) is 46.1 Å². The van der Waals surface area contributed by atoms with Gasteiger partial charge in [-0.2, -0.15) is 0 Å². The maximum Gasteiger partial charge on any atom is 0.103 e. The van der Waals surface area contributed by atoms with Crippen molar-refractivity contribution in [3.05, 3.63) is 28.0 Å². The third-order valence-electron chi connectivity index (χ3n) is 3.73. The highest BCUT2D eigenvalue weighted by Crippen LogP contribution is 2.32. The van der Waals surface area contributed by atoms with Crippen molar-refractivity contribution in [3.8, 4) is 0 Å². The smallest absolute Gasteiger partial charge is 0.103 e. The van der Waals surface area contributed by atoms with Gasteiger partial charge in [0.25, 0.3) is 0 Å². The van der Waals surface area contributed by atoms with Crippen molar-refractivity contribution >= 4 is 12.2 Å². The summed E-state index contributed by atoms with van der Waals surface area (Å²) >= 11 is 5.19. The van der Waals surface area contributed by atoms with Gasteiger partial charge >= 0.3 is 0 Å². The molecule has 3 heteroatoms. The Morgan fingerprint density at radius 2 is 2.17 bits per heavy atom. The summed E-state index contributed by atoms with van der Waals surface area (Å²) in [6.45, 7) is 9.18. The van der Waals surface area contributed by atoms with Crippen LogP contribution < -0.4 is 0 Å². The van der Waals surface area contributed by atoms with Crippen LogP contribution in [0.3, 0.4) is 0 Å². The van der Waals surface area contributed by atoms with Crippen LogP contribution in [-0.4, -0.2) is 23.0 Å². The molecule has 2 rings (SSSR count). The third-order valence-corrected chi connectivity index (χ3v) is 3.97. The molecule has 1 aliphatic rings. The molecule has 1 saturated heterocycles. The predicted octanol–water partition coefficient (Wildman–Crippen LogP) is 4.24. The molecule has 2 heterocycles. The van der Waals surface area contributed by atoms with E-state index < -0.39 is 0 Å². The van der Waals surface area contributed by atoms with Crippen LogP contribution in [0, 0.1) is 17.5 Å². The van der Waals surface area contributed by atoms with E-state index in [2.05, 4.69) is 36.7 Å². The van der Waals surface area contributed by atoms with Crippen LogP contribution in [0.5, 0.6) is 0 Å². The summed E-state index contributed by atoms with van der Waals surface area (Å²) in [5.41, 5.74) is 2.67. The predicted molar refractivity (Wildman–Crippen MR) is 79.4 cm³/mol. The second kappa shape index (κ2) is 5.98. The molecular formula is C15H24N2S. The highest BCUT2D eigenvalue weighted by molar-refractivity contribution is 7.71. The Hall–Kier alpha value is -0.670. The van der Waals surface area contributed by atoms with Crippen molar-refractivity contribution in [3.63, 3.8) is 0 Å². The SMILES string of the molecule is Cc1[nH]c(=S)ccc1C1CCCCN1CC(C)C.